The van der Waals surface area contributed by atoms with Crippen LogP contribution in [0.2, 0.25) is 0 Å². The Bertz CT molecular complexity index is 338. The van der Waals surface area contributed by atoms with E-state index in [0.717, 1.165) is 0 Å². The van der Waals surface area contributed by atoms with E-state index in [4.69, 9.17) is 0 Å². The average Bonchev–Trinajstić information content (AvgIpc) is 2.08. The third-order valence-corrected chi connectivity index (χ3v) is 2.72. The van der Waals surface area contributed by atoms with E-state index < -0.39 is 9.55 Å². The molecule has 1 nitrogen and oxygen atoms in total. The lowest BCUT2D eigenvalue weighted by Crippen LogP contribution is -2.09. The van der Waals surface area contributed by atoms with E-state index in [1.807, 2.05) is 0 Å². The third kappa shape index (κ3) is 2.86. The molecule has 0 bridgehead atoms. The molecular weight excluding hydrogens is 371 g/mol. The summed E-state index contributed by atoms with van der Waals surface area (Å²) in [6.45, 7) is 0. The van der Waals surface area contributed by atoms with Crippen molar-refractivity contribution in [2.24, 2.45) is 0 Å². The second-order valence-electron chi connectivity index (χ2n) is 2.29. The molecule has 0 atom stereocenters. The first kappa shape index (κ1) is 11.3. The minimum absolute atomic E-state index is 0.0631. The minimum atomic E-state index is -0.552. The fourth-order valence-electron chi connectivity index (χ4n) is 0.804. The molecule has 0 spiro atoms. The van der Waals surface area contributed by atoms with E-state index in [-0.39, 0.29) is 11.3 Å². The van der Waals surface area contributed by atoms with Gasteiger partial charge in [0.05, 0.1) is 5.56 Å². The number of alkyl halides is 2. The maximum atomic E-state index is 13.1. The van der Waals surface area contributed by atoms with Crippen molar-refractivity contribution in [2.45, 2.75) is 3.74 Å². The maximum Gasteiger partial charge on any atom is 0.190 e. The van der Waals surface area contributed by atoms with Crippen LogP contribution >= 0.6 is 47.8 Å². The molecule has 0 N–H and O–H groups in total. The van der Waals surface area contributed by atoms with Gasteiger partial charge in [-0.2, -0.15) is 0 Å². The summed E-state index contributed by atoms with van der Waals surface area (Å²) in [5.41, 5.74) is 0.0631. The highest BCUT2D eigenvalue weighted by Crippen LogP contribution is 2.21. The van der Waals surface area contributed by atoms with Crippen molar-refractivity contribution in [3.63, 3.8) is 0 Å². The Hall–Kier alpha value is 0.260. The molecule has 0 saturated carbocycles. The van der Waals surface area contributed by atoms with Gasteiger partial charge in [-0.15, -0.1) is 0 Å². The normalized spacial score (nSPS) is 10.5. The van der Waals surface area contributed by atoms with Gasteiger partial charge in [0.25, 0.3) is 0 Å². The first-order valence-corrected chi connectivity index (χ1v) is 5.92. The van der Waals surface area contributed by atoms with Gasteiger partial charge in [-0.3, -0.25) is 4.79 Å². The second-order valence-corrected chi connectivity index (χ2v) is 6.26. The van der Waals surface area contributed by atoms with Crippen LogP contribution in [0.15, 0.2) is 22.7 Å². The quantitative estimate of drug-likeness (QED) is 0.567. The van der Waals surface area contributed by atoms with Crippen LogP contribution in [0.4, 0.5) is 4.39 Å². The van der Waals surface area contributed by atoms with Crippen LogP contribution in [-0.4, -0.2) is 9.52 Å². The molecule has 1 aromatic carbocycles. The van der Waals surface area contributed by atoms with Crippen molar-refractivity contribution >= 4 is 53.6 Å². The van der Waals surface area contributed by atoms with Gasteiger partial charge in [0.2, 0.25) is 0 Å². The van der Waals surface area contributed by atoms with Gasteiger partial charge in [0.15, 0.2) is 5.78 Å². The molecular formula is C8H4Br3FO. The molecule has 0 unspecified atom stereocenters. The van der Waals surface area contributed by atoms with Crippen molar-refractivity contribution in [2.75, 3.05) is 0 Å². The summed E-state index contributed by atoms with van der Waals surface area (Å²) in [5.74, 6) is -0.851. The van der Waals surface area contributed by atoms with Gasteiger partial charge in [-0.05, 0) is 18.2 Å². The van der Waals surface area contributed by atoms with Crippen LogP contribution in [0.5, 0.6) is 0 Å². The fourth-order valence-corrected chi connectivity index (χ4v) is 1.66. The molecule has 0 heterocycles. The van der Waals surface area contributed by atoms with Crippen molar-refractivity contribution < 1.29 is 9.18 Å². The molecule has 1 aromatic rings. The van der Waals surface area contributed by atoms with Crippen LogP contribution in [0, 0.1) is 5.82 Å². The number of carbonyl (C=O) groups is 1. The summed E-state index contributed by atoms with van der Waals surface area (Å²) >= 11 is 9.20. The number of hydrogen-bond donors (Lipinski definition) is 0. The highest BCUT2D eigenvalue weighted by molar-refractivity contribution is 9.25. The van der Waals surface area contributed by atoms with E-state index in [1.165, 1.54) is 12.1 Å². The minimum Gasteiger partial charge on any atom is -0.292 e. The van der Waals surface area contributed by atoms with E-state index in [9.17, 15) is 9.18 Å². The first-order valence-electron chi connectivity index (χ1n) is 3.30. The van der Waals surface area contributed by atoms with Gasteiger partial charge >= 0.3 is 0 Å². The smallest absolute Gasteiger partial charge is 0.190 e. The Kier molecular flexibility index (Phi) is 4.06. The summed E-state index contributed by atoms with van der Waals surface area (Å²) in [4.78, 5) is 11.4. The molecule has 70 valence electrons. The fraction of sp³-hybridized carbons (Fsp3) is 0.125. The Morgan fingerprint density at radius 3 is 2.54 bits per heavy atom. The van der Waals surface area contributed by atoms with Crippen molar-refractivity contribution in [1.82, 2.24) is 0 Å². The third-order valence-electron chi connectivity index (χ3n) is 1.39. The van der Waals surface area contributed by atoms with Gasteiger partial charge in [0.1, 0.15) is 9.55 Å². The van der Waals surface area contributed by atoms with Crippen molar-refractivity contribution in [1.29, 1.82) is 0 Å². The first-order chi connectivity index (χ1) is 6.02. The zero-order valence-electron chi connectivity index (χ0n) is 6.23. The number of halogens is 4. The second kappa shape index (κ2) is 4.66. The lowest BCUT2D eigenvalue weighted by atomic mass is 10.1. The average molecular weight is 375 g/mol. The van der Waals surface area contributed by atoms with Crippen LogP contribution in [0.1, 0.15) is 10.4 Å². The SMILES string of the molecule is O=C(c1cc(Br)ccc1F)C(Br)Br. The molecule has 0 aliphatic heterocycles. The van der Waals surface area contributed by atoms with E-state index >= 15 is 0 Å². The molecule has 5 heteroatoms. The summed E-state index contributed by atoms with van der Waals surface area (Å²) in [6, 6.07) is 4.25. The Balaban J connectivity index is 3.13. The predicted octanol–water partition coefficient (Wildman–Crippen LogP) is 3.89. The molecule has 0 fully saturated rings. The molecule has 0 amide bonds. The molecule has 13 heavy (non-hydrogen) atoms. The summed E-state index contributed by atoms with van der Waals surface area (Å²) in [6.07, 6.45) is 0. The van der Waals surface area contributed by atoms with Crippen LogP contribution < -0.4 is 0 Å². The number of hydrogen-bond acceptors (Lipinski definition) is 1. The number of benzene rings is 1. The molecule has 0 aliphatic carbocycles. The summed E-state index contributed by atoms with van der Waals surface area (Å²) in [7, 11) is 0. The van der Waals surface area contributed by atoms with E-state index in [1.54, 1.807) is 6.07 Å². The Morgan fingerprint density at radius 1 is 1.38 bits per heavy atom. The van der Waals surface area contributed by atoms with E-state index in [2.05, 4.69) is 47.8 Å². The highest BCUT2D eigenvalue weighted by Gasteiger charge is 2.17. The standard InChI is InChI=1S/C8H4Br3FO/c9-4-1-2-6(12)5(3-4)7(13)8(10)11/h1-3,8H. The molecule has 1 rings (SSSR count). The predicted molar refractivity (Wildman–Crippen MR) is 60.1 cm³/mol. The number of rotatable bonds is 2. The van der Waals surface area contributed by atoms with Crippen molar-refractivity contribution in [3.8, 4) is 0 Å². The zero-order chi connectivity index (χ0) is 10.0. The van der Waals surface area contributed by atoms with Gasteiger partial charge < -0.3 is 0 Å². The lowest BCUT2D eigenvalue weighted by Gasteiger charge is -2.03. The monoisotopic (exact) mass is 372 g/mol. The Morgan fingerprint density at radius 2 is 2.00 bits per heavy atom. The molecule has 0 aromatic heterocycles. The van der Waals surface area contributed by atoms with Gasteiger partial charge in [-0.25, -0.2) is 4.39 Å². The molecule has 0 aliphatic rings. The topological polar surface area (TPSA) is 17.1 Å². The van der Waals surface area contributed by atoms with Crippen LogP contribution in [-0.2, 0) is 0 Å². The largest absolute Gasteiger partial charge is 0.292 e. The van der Waals surface area contributed by atoms with E-state index in [0.29, 0.717) is 4.47 Å². The summed E-state index contributed by atoms with van der Waals surface area (Å²) in [5, 5.41) is 0. The summed E-state index contributed by atoms with van der Waals surface area (Å²) < 4.78 is 13.2. The number of Topliss-reactive ketones (excluding diaryl/α,β-unsaturated/α-hetero) is 1. The maximum absolute atomic E-state index is 13.1. The zero-order valence-corrected chi connectivity index (χ0v) is 11.0. The van der Waals surface area contributed by atoms with Gasteiger partial charge in [-0.1, -0.05) is 47.8 Å². The molecule has 0 saturated heterocycles. The van der Waals surface area contributed by atoms with Crippen LogP contribution in [0.3, 0.4) is 0 Å². The number of carbonyl (C=O) groups excluding carboxylic acids is 1. The van der Waals surface area contributed by atoms with Gasteiger partial charge in [0, 0.05) is 4.47 Å². The number of ketones is 1. The van der Waals surface area contributed by atoms with Crippen molar-refractivity contribution in [3.05, 3.63) is 34.1 Å². The Labute approximate surface area is 100 Å². The highest BCUT2D eigenvalue weighted by atomic mass is 79.9. The van der Waals surface area contributed by atoms with Crippen LogP contribution in [0.25, 0.3) is 0 Å². The lowest BCUT2D eigenvalue weighted by molar-refractivity contribution is 0.101. The molecule has 0 radical (unpaired) electrons.